The van der Waals surface area contributed by atoms with Crippen molar-refractivity contribution in [3.63, 3.8) is 0 Å². The number of Topliss-reactive ketones (excluding diaryl/α,β-unsaturated/α-hetero) is 3. The fourth-order valence-electron chi connectivity index (χ4n) is 13.4. The van der Waals surface area contributed by atoms with E-state index in [9.17, 15) is 63.1 Å². The molecule has 117 heavy (non-hydrogen) atoms. The first-order valence-electron chi connectivity index (χ1n) is 36.9. The van der Waals surface area contributed by atoms with Gasteiger partial charge in [-0.1, -0.05) is 78.4 Å². The monoisotopic (exact) mass is 1590 g/mol. The molecule has 13 aromatic rings. The van der Waals surface area contributed by atoms with Crippen LogP contribution in [0.2, 0.25) is 0 Å². The molecule has 0 radical (unpaired) electrons. The fraction of sp³-hybridized carbons (Fsp3) is 0.213. The van der Waals surface area contributed by atoms with Gasteiger partial charge in [-0.2, -0.15) is 39.5 Å². The molecule has 2 aliphatic rings. The van der Waals surface area contributed by atoms with Gasteiger partial charge in [-0.05, 0) is 175 Å². The van der Waals surface area contributed by atoms with E-state index in [0.717, 1.165) is 80.8 Å². The second kappa shape index (κ2) is 35.6. The second-order valence-electron chi connectivity index (χ2n) is 28.2. The van der Waals surface area contributed by atoms with Crippen LogP contribution in [0.4, 0.5) is 54.4 Å². The van der Waals surface area contributed by atoms with Gasteiger partial charge in [-0.3, -0.25) is 37.4 Å². The Labute approximate surface area is 665 Å². The predicted molar refractivity (Wildman–Crippen MR) is 422 cm³/mol. The highest BCUT2D eigenvalue weighted by molar-refractivity contribution is 5.99. The number of fused-ring (bicyclic) bond motifs is 3. The van der Waals surface area contributed by atoms with Crippen LogP contribution in [0.25, 0.3) is 22.6 Å². The summed E-state index contributed by atoms with van der Waals surface area (Å²) in [6.45, 7) is 8.39. The number of imidazole rings is 4. The Bertz CT molecular complexity index is 6070. The third kappa shape index (κ3) is 20.8. The number of urea groups is 1. The smallest absolute Gasteiger partial charge is 0.351 e. The van der Waals surface area contributed by atoms with Crippen molar-refractivity contribution in [1.29, 1.82) is 0 Å². The summed E-state index contributed by atoms with van der Waals surface area (Å²) < 4.78 is 146. The van der Waals surface area contributed by atoms with Crippen LogP contribution in [0, 0.1) is 48.3 Å². The van der Waals surface area contributed by atoms with E-state index in [-0.39, 0.29) is 83.0 Å². The van der Waals surface area contributed by atoms with Crippen molar-refractivity contribution >= 4 is 46.0 Å². The van der Waals surface area contributed by atoms with E-state index >= 15 is 0 Å². The number of carbonyl (C=O) groups excluding carboxylic acids is 4. The number of benzene rings is 6. The van der Waals surface area contributed by atoms with Crippen LogP contribution in [-0.4, -0.2) is 147 Å². The molecule has 0 spiro atoms. The van der Waals surface area contributed by atoms with Gasteiger partial charge in [-0.15, -0.1) is 0 Å². The number of hydrogen-bond donors (Lipinski definition) is 2. The Morgan fingerprint density at radius 3 is 1.53 bits per heavy atom. The van der Waals surface area contributed by atoms with Crippen molar-refractivity contribution < 1.29 is 63.1 Å². The highest BCUT2D eigenvalue weighted by Crippen LogP contribution is 2.37. The summed E-state index contributed by atoms with van der Waals surface area (Å²) in [5.74, 6) is 16.2. The number of piperazine rings is 2. The summed E-state index contributed by atoms with van der Waals surface area (Å²) >= 11 is 0. The van der Waals surface area contributed by atoms with E-state index in [0.29, 0.717) is 75.0 Å². The van der Waals surface area contributed by atoms with Crippen molar-refractivity contribution in [2.45, 2.75) is 57.8 Å². The van der Waals surface area contributed by atoms with Crippen molar-refractivity contribution in [2.75, 3.05) is 71.8 Å². The summed E-state index contributed by atoms with van der Waals surface area (Å²) in [5.41, 5.74) is 11.6. The first kappa shape index (κ1) is 81.7. The first-order valence-corrected chi connectivity index (χ1v) is 36.9. The molecule has 0 aliphatic carbocycles. The zero-order chi connectivity index (χ0) is 82.7. The maximum atomic E-state index is 14.5. The molecule has 9 heterocycles. The zero-order valence-corrected chi connectivity index (χ0v) is 63.3. The number of likely N-dealkylation sites (N-methyl/N-ethyl adjacent to an activating group) is 2. The molecule has 7 aromatic heterocycles. The molecule has 594 valence electrons. The molecule has 2 fully saturated rings. The number of aryl methyl sites for hydroxylation is 1. The van der Waals surface area contributed by atoms with E-state index in [1.54, 1.807) is 107 Å². The number of carbonyl (C=O) groups is 4. The lowest BCUT2D eigenvalue weighted by Crippen LogP contribution is -2.44. The second-order valence-corrected chi connectivity index (χ2v) is 28.2. The molecule has 0 bridgehead atoms. The highest BCUT2D eigenvalue weighted by Gasteiger charge is 2.37. The van der Waals surface area contributed by atoms with Crippen LogP contribution in [0.1, 0.15) is 115 Å². The molecule has 15 rings (SSSR count). The lowest BCUT2D eigenvalue weighted by Gasteiger charge is -2.33. The van der Waals surface area contributed by atoms with E-state index in [1.807, 2.05) is 77.8 Å². The quantitative estimate of drug-likeness (QED) is 0.0562. The molecular weight excluding hydrogens is 1520 g/mol. The van der Waals surface area contributed by atoms with Gasteiger partial charge < -0.3 is 25.4 Å². The van der Waals surface area contributed by atoms with Crippen LogP contribution in [0.15, 0.2) is 220 Å². The number of nitrogens with two attached hydrogens (primary N) is 1. The van der Waals surface area contributed by atoms with E-state index in [4.69, 9.17) is 5.73 Å². The van der Waals surface area contributed by atoms with Gasteiger partial charge in [0.2, 0.25) is 0 Å². The number of halogens is 10. The third-order valence-corrected chi connectivity index (χ3v) is 19.8. The van der Waals surface area contributed by atoms with E-state index in [1.165, 1.54) is 53.6 Å². The number of rotatable bonds is 15. The summed E-state index contributed by atoms with van der Waals surface area (Å²) in [6.07, 6.45) is 0.370. The Morgan fingerprint density at radius 2 is 0.983 bits per heavy atom. The van der Waals surface area contributed by atoms with Gasteiger partial charge in [-0.25, -0.2) is 29.1 Å². The van der Waals surface area contributed by atoms with Gasteiger partial charge >= 0.3 is 24.6 Å². The number of pyridine rings is 3. The van der Waals surface area contributed by atoms with Gasteiger partial charge in [0, 0.05) is 149 Å². The van der Waals surface area contributed by atoms with Crippen LogP contribution < -0.4 is 11.1 Å². The van der Waals surface area contributed by atoms with Gasteiger partial charge in [0.15, 0.2) is 23.0 Å². The molecule has 2 amide bonds. The van der Waals surface area contributed by atoms with Crippen molar-refractivity contribution in [2.24, 2.45) is 5.73 Å². The largest absolute Gasteiger partial charge is 0.416 e. The highest BCUT2D eigenvalue weighted by atomic mass is 19.4. The van der Waals surface area contributed by atoms with Gasteiger partial charge in [0.1, 0.15) is 34.2 Å². The molecule has 28 heteroatoms. The van der Waals surface area contributed by atoms with Crippen LogP contribution in [-0.2, 0) is 50.9 Å². The number of aromatic nitrogens is 8. The fourth-order valence-corrected chi connectivity index (χ4v) is 13.4. The lowest BCUT2D eigenvalue weighted by molar-refractivity contribution is -0.139. The number of ketones is 3. The summed E-state index contributed by atoms with van der Waals surface area (Å²) in [5, 5.41) is 2.51. The van der Waals surface area contributed by atoms with Crippen molar-refractivity contribution in [3.05, 3.63) is 326 Å². The molecule has 0 saturated carbocycles. The molecule has 0 unspecified atom stereocenters. The molecule has 18 nitrogen and oxygen atoms in total. The van der Waals surface area contributed by atoms with Crippen LogP contribution in [0.5, 0.6) is 0 Å². The minimum atomic E-state index is -4.57. The normalized spacial score (nSPS) is 13.6. The van der Waals surface area contributed by atoms with Gasteiger partial charge in [0.05, 0.1) is 52.9 Å². The minimum absolute atomic E-state index is 0.0187. The lowest BCUT2D eigenvalue weighted by atomic mass is 9.97. The summed E-state index contributed by atoms with van der Waals surface area (Å²) in [6, 6.07) is 41.3. The maximum Gasteiger partial charge on any atom is 0.416 e. The number of hydrogen-bond acceptors (Lipinski definition) is 12. The minimum Gasteiger partial charge on any atom is -0.351 e. The number of alkyl halides is 9. The van der Waals surface area contributed by atoms with Crippen LogP contribution in [0.3, 0.4) is 0 Å². The topological polar surface area (TPSA) is 189 Å². The Hall–Kier alpha value is -13.3. The van der Waals surface area contributed by atoms with Crippen molar-refractivity contribution in [1.82, 2.24) is 57.3 Å². The standard InChI is InChI=1S/C30H26F4N4O.C30H27F3N4O.C29H21F3N6O2/c1-36-12-14-37(15-13-36)20-24-6-5-21(16-26(24)30(32,33)34)17-28(39)23-8-10-27(31)22(18-23)7-9-25-19-35-29-4-2-3-11-38(25)29;1-35-13-15-36(16-14-35)21-25-10-8-23(18-27(25)30(31,32)33)19-28(38)24-6-4-5-22(17-24)9-11-26-20-34-29-7-2-3-12-37(26)29;1-18-4-5-21(14-20(18)6-7-23-16-35-27-25(36-28(33)40)3-2-9-38(23)27)26(39)13-19-11-22(29(30,31)32)15-24(12-19)37-10-8-34-17-37/h2-6,8,10-11,16,18-19H,12-15,17,20H2,1H3;2-8,10,12,17-18,20H,13-16,19,21H2,1H3;2-5,8-12,14-17H,13H2,1H3,(H3,33,36,40). The van der Waals surface area contributed by atoms with Gasteiger partial charge in [0.25, 0.3) is 0 Å². The Morgan fingerprint density at radius 1 is 0.470 bits per heavy atom. The predicted octanol–water partition coefficient (Wildman–Crippen LogP) is 15.2. The zero-order valence-electron chi connectivity index (χ0n) is 63.3. The Kier molecular flexibility index (Phi) is 24.9. The molecule has 3 N–H and O–H groups in total. The molecule has 6 aromatic carbocycles. The molecule has 2 saturated heterocycles. The SMILES string of the molecule is CN1CCN(Cc2ccc(CC(=O)c3ccc(F)c(C#Cc4cnc5ccccn45)c3)cc2C(F)(F)F)CC1.CN1CCN(Cc2ccc(CC(=O)c3cccc(C#Cc4cnc5ccccn45)c3)cc2C(F)(F)F)CC1.Cc1ccc(C(=O)Cc2cc(-n3ccnc3)cc(C(F)(F)F)c2)cc1C#Cc1cnc2c(NC(N)=O)cccn12. The average molecular weight is 1590 g/mol. The van der Waals surface area contributed by atoms with E-state index in [2.05, 4.69) is 70.6 Å². The van der Waals surface area contributed by atoms with E-state index < -0.39 is 52.9 Å². The maximum absolute atomic E-state index is 14.5. The first-order chi connectivity index (χ1) is 56.0. The summed E-state index contributed by atoms with van der Waals surface area (Å²) in [7, 11) is 4.00. The Balaban J connectivity index is 0.000000152. The molecule has 2 aliphatic heterocycles. The summed E-state index contributed by atoms with van der Waals surface area (Å²) in [4.78, 5) is 75.5. The average Bonchev–Trinajstić information content (AvgIpc) is 1.48. The number of anilines is 1. The number of nitrogens with one attached hydrogen (secondary N) is 1. The molecule has 0 atom stereocenters. The number of primary amides is 1. The third-order valence-electron chi connectivity index (χ3n) is 19.8. The molecular formula is C89H74F10N14O4. The van der Waals surface area contributed by atoms with Crippen LogP contribution >= 0.6 is 0 Å². The van der Waals surface area contributed by atoms with Crippen molar-refractivity contribution in [3.8, 4) is 41.2 Å². The number of nitrogens with zero attached hydrogens (tertiary/aromatic N) is 12. The number of amides is 2.